The lowest BCUT2D eigenvalue weighted by Crippen LogP contribution is -2.52. The second-order valence-electron chi connectivity index (χ2n) is 5.34. The van der Waals surface area contributed by atoms with Crippen molar-refractivity contribution in [3.63, 3.8) is 0 Å². The van der Waals surface area contributed by atoms with Crippen molar-refractivity contribution in [3.05, 3.63) is 36.0 Å². The Labute approximate surface area is 117 Å². The molecule has 1 fully saturated rings. The molecule has 106 valence electrons. The molecular weight excluding hydrogens is 254 g/mol. The van der Waals surface area contributed by atoms with E-state index in [4.69, 9.17) is 5.11 Å². The Kier molecular flexibility index (Phi) is 3.71. The van der Waals surface area contributed by atoms with E-state index in [-0.39, 0.29) is 6.54 Å². The second kappa shape index (κ2) is 5.64. The number of carboxylic acid groups (broad SMARTS) is 1. The molecule has 1 atom stereocenters. The lowest BCUT2D eigenvalue weighted by Gasteiger charge is -2.32. The van der Waals surface area contributed by atoms with Crippen LogP contribution in [0.25, 0.3) is 10.9 Å². The van der Waals surface area contributed by atoms with Gasteiger partial charge in [0.2, 0.25) is 0 Å². The van der Waals surface area contributed by atoms with Crippen LogP contribution in [0.4, 0.5) is 0 Å². The maximum atomic E-state index is 10.8. The monoisotopic (exact) mass is 273 g/mol. The van der Waals surface area contributed by atoms with Crippen molar-refractivity contribution < 1.29 is 9.90 Å². The van der Waals surface area contributed by atoms with Crippen LogP contribution in [-0.2, 0) is 11.2 Å². The van der Waals surface area contributed by atoms with Crippen molar-refractivity contribution in [2.75, 3.05) is 26.2 Å². The zero-order valence-electron chi connectivity index (χ0n) is 11.3. The zero-order valence-corrected chi connectivity index (χ0v) is 11.3. The number of aromatic amines is 1. The summed E-state index contributed by atoms with van der Waals surface area (Å²) in [6.07, 6.45) is 2.97. The highest BCUT2D eigenvalue weighted by molar-refractivity contribution is 5.83. The molecule has 3 rings (SSSR count). The van der Waals surface area contributed by atoms with Crippen LogP contribution in [0.15, 0.2) is 30.5 Å². The molecule has 1 saturated heterocycles. The molecule has 5 heteroatoms. The Bertz CT molecular complexity index is 608. The van der Waals surface area contributed by atoms with Crippen molar-refractivity contribution >= 4 is 16.9 Å². The standard InChI is InChI=1S/C15H19N3O2/c19-15(20)10-18-6-5-16-12(9-18)7-11-8-17-14-4-2-1-3-13(11)14/h1-4,8,12,16-17H,5-7,9-10H2,(H,19,20). The third-order valence-electron chi connectivity index (χ3n) is 3.84. The molecular formula is C15H19N3O2. The number of para-hydroxylation sites is 1. The van der Waals surface area contributed by atoms with Gasteiger partial charge in [-0.15, -0.1) is 0 Å². The van der Waals surface area contributed by atoms with Gasteiger partial charge in [0, 0.05) is 42.8 Å². The van der Waals surface area contributed by atoms with Gasteiger partial charge in [0.25, 0.3) is 0 Å². The normalized spacial score (nSPS) is 20.3. The van der Waals surface area contributed by atoms with Gasteiger partial charge in [-0.1, -0.05) is 18.2 Å². The Morgan fingerprint density at radius 1 is 1.40 bits per heavy atom. The molecule has 1 unspecified atom stereocenters. The molecule has 0 amide bonds. The number of H-pyrrole nitrogens is 1. The first-order chi connectivity index (χ1) is 9.72. The van der Waals surface area contributed by atoms with E-state index in [9.17, 15) is 4.79 Å². The predicted molar refractivity (Wildman–Crippen MR) is 77.9 cm³/mol. The summed E-state index contributed by atoms with van der Waals surface area (Å²) in [7, 11) is 0. The minimum atomic E-state index is -0.752. The summed E-state index contributed by atoms with van der Waals surface area (Å²) in [5.41, 5.74) is 2.44. The third-order valence-corrected chi connectivity index (χ3v) is 3.84. The van der Waals surface area contributed by atoms with Gasteiger partial charge in [0.15, 0.2) is 0 Å². The first kappa shape index (κ1) is 13.1. The summed E-state index contributed by atoms with van der Waals surface area (Å²) in [6, 6.07) is 8.58. The predicted octanol–water partition coefficient (Wildman–Crippen LogP) is 1.07. The number of hydrogen-bond acceptors (Lipinski definition) is 3. The summed E-state index contributed by atoms with van der Waals surface area (Å²) < 4.78 is 0. The van der Waals surface area contributed by atoms with E-state index in [1.807, 2.05) is 17.0 Å². The largest absolute Gasteiger partial charge is 0.480 e. The number of piperazine rings is 1. The van der Waals surface area contributed by atoms with Gasteiger partial charge in [0.05, 0.1) is 6.54 Å². The van der Waals surface area contributed by atoms with E-state index >= 15 is 0 Å². The lowest BCUT2D eigenvalue weighted by atomic mass is 10.0. The van der Waals surface area contributed by atoms with E-state index in [1.54, 1.807) is 0 Å². The molecule has 0 spiro atoms. The van der Waals surface area contributed by atoms with Gasteiger partial charge in [0.1, 0.15) is 0 Å². The van der Waals surface area contributed by atoms with Crippen molar-refractivity contribution in [2.45, 2.75) is 12.5 Å². The van der Waals surface area contributed by atoms with E-state index in [0.29, 0.717) is 6.04 Å². The maximum Gasteiger partial charge on any atom is 0.317 e. The lowest BCUT2D eigenvalue weighted by molar-refractivity contribution is -0.138. The van der Waals surface area contributed by atoms with Crippen molar-refractivity contribution in [1.29, 1.82) is 0 Å². The highest BCUT2D eigenvalue weighted by Gasteiger charge is 2.21. The van der Waals surface area contributed by atoms with Crippen LogP contribution in [0.3, 0.4) is 0 Å². The van der Waals surface area contributed by atoms with Crippen molar-refractivity contribution in [1.82, 2.24) is 15.2 Å². The number of rotatable bonds is 4. The fraction of sp³-hybridized carbons (Fsp3) is 0.400. The topological polar surface area (TPSA) is 68.4 Å². The summed E-state index contributed by atoms with van der Waals surface area (Å²) in [6.45, 7) is 2.56. The van der Waals surface area contributed by atoms with E-state index in [2.05, 4.69) is 28.6 Å². The van der Waals surface area contributed by atoms with Gasteiger partial charge >= 0.3 is 5.97 Å². The van der Waals surface area contributed by atoms with Crippen LogP contribution >= 0.6 is 0 Å². The molecule has 3 N–H and O–H groups in total. The molecule has 2 aromatic rings. The summed E-state index contributed by atoms with van der Waals surface area (Å²) in [4.78, 5) is 16.1. The van der Waals surface area contributed by atoms with Crippen LogP contribution in [0.5, 0.6) is 0 Å². The Morgan fingerprint density at radius 2 is 2.25 bits per heavy atom. The van der Waals surface area contributed by atoms with Gasteiger partial charge in [-0.3, -0.25) is 9.69 Å². The van der Waals surface area contributed by atoms with E-state index in [0.717, 1.165) is 31.6 Å². The number of nitrogens with one attached hydrogen (secondary N) is 2. The van der Waals surface area contributed by atoms with Crippen LogP contribution in [-0.4, -0.2) is 53.2 Å². The second-order valence-corrected chi connectivity index (χ2v) is 5.34. The molecule has 0 saturated carbocycles. The maximum absolute atomic E-state index is 10.8. The molecule has 1 aromatic heterocycles. The molecule has 1 aliphatic rings. The van der Waals surface area contributed by atoms with Crippen LogP contribution in [0.1, 0.15) is 5.56 Å². The van der Waals surface area contributed by atoms with Gasteiger partial charge < -0.3 is 15.4 Å². The molecule has 2 heterocycles. The minimum Gasteiger partial charge on any atom is -0.480 e. The molecule has 5 nitrogen and oxygen atoms in total. The number of nitrogens with zero attached hydrogens (tertiary/aromatic N) is 1. The average molecular weight is 273 g/mol. The van der Waals surface area contributed by atoms with Crippen LogP contribution in [0, 0.1) is 0 Å². The van der Waals surface area contributed by atoms with Crippen molar-refractivity contribution in [3.8, 4) is 0 Å². The molecule has 0 bridgehead atoms. The number of fused-ring (bicyclic) bond motifs is 1. The van der Waals surface area contributed by atoms with E-state index in [1.165, 1.54) is 10.9 Å². The zero-order chi connectivity index (χ0) is 13.9. The quantitative estimate of drug-likeness (QED) is 0.779. The van der Waals surface area contributed by atoms with Gasteiger partial charge in [-0.05, 0) is 18.1 Å². The van der Waals surface area contributed by atoms with E-state index < -0.39 is 5.97 Å². The summed E-state index contributed by atoms with van der Waals surface area (Å²) >= 11 is 0. The molecule has 1 aliphatic heterocycles. The number of aliphatic carboxylic acids is 1. The minimum absolute atomic E-state index is 0.131. The highest BCUT2D eigenvalue weighted by Crippen LogP contribution is 2.19. The van der Waals surface area contributed by atoms with Crippen molar-refractivity contribution in [2.24, 2.45) is 0 Å². The fourth-order valence-electron chi connectivity index (χ4n) is 2.93. The first-order valence-corrected chi connectivity index (χ1v) is 6.95. The average Bonchev–Trinajstić information content (AvgIpc) is 2.82. The molecule has 20 heavy (non-hydrogen) atoms. The SMILES string of the molecule is O=C(O)CN1CCNC(Cc2c[nH]c3ccccc23)C1. The number of aromatic nitrogens is 1. The summed E-state index contributed by atoms with van der Waals surface area (Å²) in [5.74, 6) is -0.752. The Morgan fingerprint density at radius 3 is 3.10 bits per heavy atom. The fourth-order valence-corrected chi connectivity index (χ4v) is 2.93. The molecule has 0 radical (unpaired) electrons. The highest BCUT2D eigenvalue weighted by atomic mass is 16.4. The van der Waals surface area contributed by atoms with Gasteiger partial charge in [-0.2, -0.15) is 0 Å². The number of carboxylic acids is 1. The number of hydrogen-bond donors (Lipinski definition) is 3. The molecule has 0 aliphatic carbocycles. The number of carbonyl (C=O) groups is 1. The Hall–Kier alpha value is -1.85. The van der Waals surface area contributed by atoms with Gasteiger partial charge in [-0.25, -0.2) is 0 Å². The third kappa shape index (κ3) is 2.84. The number of benzene rings is 1. The summed E-state index contributed by atoms with van der Waals surface area (Å²) in [5, 5.41) is 13.6. The molecule has 1 aromatic carbocycles. The van der Waals surface area contributed by atoms with Crippen LogP contribution < -0.4 is 5.32 Å². The first-order valence-electron chi connectivity index (χ1n) is 6.95. The Balaban J connectivity index is 1.69. The van der Waals surface area contributed by atoms with Crippen LogP contribution in [0.2, 0.25) is 0 Å². The smallest absolute Gasteiger partial charge is 0.317 e.